The fraction of sp³-hybridized carbons (Fsp3) is 0.583. The number of hydrogen-bond donors (Lipinski definition) is 1. The van der Waals surface area contributed by atoms with Crippen LogP contribution in [-0.4, -0.2) is 35.1 Å². The molecule has 1 aromatic rings. The summed E-state index contributed by atoms with van der Waals surface area (Å²) in [4.78, 5) is 15.1. The summed E-state index contributed by atoms with van der Waals surface area (Å²) in [5.74, 6) is -0.0697. The summed E-state index contributed by atoms with van der Waals surface area (Å²) in [6, 6.07) is 4.06. The quantitative estimate of drug-likeness (QED) is 0.895. The third-order valence-corrected chi connectivity index (χ3v) is 4.42. The maximum Gasteiger partial charge on any atom is 0.230 e. The summed E-state index contributed by atoms with van der Waals surface area (Å²) in [6.07, 6.45) is 2.12. The largest absolute Gasteiger partial charge is 0.395 e. The third kappa shape index (κ3) is 3.00. The average Bonchev–Trinajstić information content (AvgIpc) is 3.06. The number of carbonyl (C=O) groups is 1. The second-order valence-electron chi connectivity index (χ2n) is 4.35. The Hall–Kier alpha value is -0.580. The summed E-state index contributed by atoms with van der Waals surface area (Å²) in [5.41, 5.74) is 0. The SMILES string of the molecule is CC(C(=O)N(CCO)C1CC1)c1ccc(Cl)s1. The van der Waals surface area contributed by atoms with Crippen LogP contribution in [0.25, 0.3) is 0 Å². The number of nitrogens with zero attached hydrogens (tertiary/aromatic N) is 1. The zero-order chi connectivity index (χ0) is 12.4. The van der Waals surface area contributed by atoms with Crippen molar-refractivity contribution >= 4 is 28.8 Å². The number of halogens is 1. The predicted molar refractivity (Wildman–Crippen MR) is 69.6 cm³/mol. The van der Waals surface area contributed by atoms with E-state index in [1.807, 2.05) is 19.1 Å². The Morgan fingerprint density at radius 1 is 1.65 bits per heavy atom. The van der Waals surface area contributed by atoms with E-state index in [1.54, 1.807) is 4.90 Å². The van der Waals surface area contributed by atoms with Gasteiger partial charge in [0.05, 0.1) is 16.9 Å². The molecule has 1 amide bonds. The van der Waals surface area contributed by atoms with E-state index in [-0.39, 0.29) is 18.4 Å². The smallest absolute Gasteiger partial charge is 0.230 e. The molecule has 1 aliphatic rings. The number of carbonyl (C=O) groups excluding carboxylic acids is 1. The van der Waals surface area contributed by atoms with Crippen LogP contribution in [0, 0.1) is 0 Å². The molecule has 1 N–H and O–H groups in total. The van der Waals surface area contributed by atoms with Crippen molar-refractivity contribution in [2.75, 3.05) is 13.2 Å². The number of aliphatic hydroxyl groups excluding tert-OH is 1. The molecule has 5 heteroatoms. The number of amides is 1. The monoisotopic (exact) mass is 273 g/mol. The van der Waals surface area contributed by atoms with Gasteiger partial charge in [-0.15, -0.1) is 11.3 Å². The first-order chi connectivity index (χ1) is 8.13. The molecule has 1 fully saturated rings. The molecule has 17 heavy (non-hydrogen) atoms. The van der Waals surface area contributed by atoms with Gasteiger partial charge in [-0.05, 0) is 31.9 Å². The van der Waals surface area contributed by atoms with Crippen LogP contribution >= 0.6 is 22.9 Å². The van der Waals surface area contributed by atoms with Gasteiger partial charge < -0.3 is 10.0 Å². The third-order valence-electron chi connectivity index (χ3n) is 3.00. The Bertz CT molecular complexity index is 403. The lowest BCUT2D eigenvalue weighted by atomic mass is 10.1. The fourth-order valence-electron chi connectivity index (χ4n) is 1.90. The molecule has 1 unspecified atom stereocenters. The van der Waals surface area contributed by atoms with Crippen LogP contribution < -0.4 is 0 Å². The van der Waals surface area contributed by atoms with E-state index >= 15 is 0 Å². The molecule has 1 atom stereocenters. The van der Waals surface area contributed by atoms with Crippen molar-refractivity contribution in [3.8, 4) is 0 Å². The molecular weight excluding hydrogens is 258 g/mol. The van der Waals surface area contributed by atoms with E-state index in [0.29, 0.717) is 16.9 Å². The Morgan fingerprint density at radius 2 is 2.35 bits per heavy atom. The van der Waals surface area contributed by atoms with Crippen molar-refractivity contribution in [2.45, 2.75) is 31.7 Å². The average molecular weight is 274 g/mol. The minimum atomic E-state index is -0.167. The number of aliphatic hydroxyl groups is 1. The zero-order valence-electron chi connectivity index (χ0n) is 9.73. The van der Waals surface area contributed by atoms with Crippen molar-refractivity contribution in [3.05, 3.63) is 21.3 Å². The molecule has 1 heterocycles. The van der Waals surface area contributed by atoms with Crippen LogP contribution in [0.2, 0.25) is 4.34 Å². The Balaban J connectivity index is 2.06. The van der Waals surface area contributed by atoms with Gasteiger partial charge in [-0.3, -0.25) is 4.79 Å². The Labute approximate surface area is 110 Å². The number of hydrogen-bond acceptors (Lipinski definition) is 3. The van der Waals surface area contributed by atoms with Crippen molar-refractivity contribution in [2.24, 2.45) is 0 Å². The maximum atomic E-state index is 12.3. The molecule has 3 nitrogen and oxygen atoms in total. The standard InChI is InChI=1S/C12H16ClNO2S/c1-8(10-4-5-11(13)17-10)12(16)14(6-7-15)9-2-3-9/h4-5,8-9,15H,2-3,6-7H2,1H3. The summed E-state index contributed by atoms with van der Waals surface area (Å²) in [7, 11) is 0. The fourth-order valence-corrected chi connectivity index (χ4v) is 3.00. The topological polar surface area (TPSA) is 40.5 Å². The number of rotatable bonds is 5. The van der Waals surface area contributed by atoms with Gasteiger partial charge in [-0.1, -0.05) is 11.6 Å². The molecule has 1 aromatic heterocycles. The Morgan fingerprint density at radius 3 is 2.82 bits per heavy atom. The molecule has 0 aliphatic heterocycles. The van der Waals surface area contributed by atoms with Crippen LogP contribution in [0.4, 0.5) is 0 Å². The van der Waals surface area contributed by atoms with E-state index in [4.69, 9.17) is 16.7 Å². The molecule has 2 rings (SSSR count). The first-order valence-corrected chi connectivity index (χ1v) is 6.99. The van der Waals surface area contributed by atoms with Gasteiger partial charge in [0.1, 0.15) is 0 Å². The van der Waals surface area contributed by atoms with Crippen LogP contribution in [-0.2, 0) is 4.79 Å². The van der Waals surface area contributed by atoms with E-state index in [0.717, 1.165) is 17.7 Å². The van der Waals surface area contributed by atoms with Gasteiger partial charge in [0.25, 0.3) is 0 Å². The Kier molecular flexibility index (Phi) is 4.07. The molecule has 0 aromatic carbocycles. The van der Waals surface area contributed by atoms with Gasteiger partial charge in [0, 0.05) is 17.5 Å². The molecule has 1 saturated carbocycles. The molecule has 0 spiro atoms. The molecule has 1 aliphatic carbocycles. The van der Waals surface area contributed by atoms with Crippen molar-refractivity contribution < 1.29 is 9.90 Å². The van der Waals surface area contributed by atoms with Gasteiger partial charge in [-0.2, -0.15) is 0 Å². The van der Waals surface area contributed by atoms with E-state index in [1.165, 1.54) is 11.3 Å². The normalized spacial score (nSPS) is 16.9. The second kappa shape index (κ2) is 5.38. The van der Waals surface area contributed by atoms with Gasteiger partial charge in [0.15, 0.2) is 0 Å². The van der Waals surface area contributed by atoms with Gasteiger partial charge in [0.2, 0.25) is 5.91 Å². The summed E-state index contributed by atoms with van der Waals surface area (Å²) in [5, 5.41) is 9.01. The minimum Gasteiger partial charge on any atom is -0.395 e. The summed E-state index contributed by atoms with van der Waals surface area (Å²) in [6.45, 7) is 2.37. The van der Waals surface area contributed by atoms with Crippen molar-refractivity contribution in [1.29, 1.82) is 0 Å². The molecule has 0 radical (unpaired) electrons. The lowest BCUT2D eigenvalue weighted by Gasteiger charge is -2.24. The van der Waals surface area contributed by atoms with E-state index < -0.39 is 0 Å². The molecule has 0 bridgehead atoms. The highest BCUT2D eigenvalue weighted by molar-refractivity contribution is 7.16. The zero-order valence-corrected chi connectivity index (χ0v) is 11.3. The predicted octanol–water partition coefficient (Wildman–Crippen LogP) is 2.49. The summed E-state index contributed by atoms with van der Waals surface area (Å²) >= 11 is 7.33. The van der Waals surface area contributed by atoms with Gasteiger partial charge >= 0.3 is 0 Å². The minimum absolute atomic E-state index is 0.0279. The van der Waals surface area contributed by atoms with Crippen LogP contribution in [0.1, 0.15) is 30.6 Å². The lowest BCUT2D eigenvalue weighted by Crippen LogP contribution is -2.38. The van der Waals surface area contributed by atoms with E-state index in [2.05, 4.69) is 0 Å². The van der Waals surface area contributed by atoms with Crippen LogP contribution in [0.3, 0.4) is 0 Å². The molecule has 94 valence electrons. The van der Waals surface area contributed by atoms with Gasteiger partial charge in [-0.25, -0.2) is 0 Å². The molecular formula is C12H16ClNO2S. The highest BCUT2D eigenvalue weighted by Gasteiger charge is 2.34. The highest BCUT2D eigenvalue weighted by Crippen LogP contribution is 2.33. The van der Waals surface area contributed by atoms with E-state index in [9.17, 15) is 4.79 Å². The maximum absolute atomic E-state index is 12.3. The number of thiophene rings is 1. The first-order valence-electron chi connectivity index (χ1n) is 5.80. The lowest BCUT2D eigenvalue weighted by molar-refractivity contribution is -0.133. The van der Waals surface area contributed by atoms with Crippen LogP contribution in [0.5, 0.6) is 0 Å². The van der Waals surface area contributed by atoms with Crippen molar-refractivity contribution in [1.82, 2.24) is 4.90 Å². The van der Waals surface area contributed by atoms with Crippen LogP contribution in [0.15, 0.2) is 12.1 Å². The van der Waals surface area contributed by atoms with Crippen molar-refractivity contribution in [3.63, 3.8) is 0 Å². The highest BCUT2D eigenvalue weighted by atomic mass is 35.5. The molecule has 0 saturated heterocycles. The first kappa shape index (κ1) is 12.9. The summed E-state index contributed by atoms with van der Waals surface area (Å²) < 4.78 is 0.708. The second-order valence-corrected chi connectivity index (χ2v) is 6.10.